The van der Waals surface area contributed by atoms with E-state index in [9.17, 15) is 74.8 Å². The van der Waals surface area contributed by atoms with Gasteiger partial charge in [-0.1, -0.05) is 30.7 Å². The molecule has 0 aliphatic carbocycles. The van der Waals surface area contributed by atoms with Gasteiger partial charge in [0.05, 0.1) is 25.9 Å². The average Bonchev–Trinajstić information content (AvgIpc) is 3.63. The molecule has 0 amide bonds. The largest absolute Gasteiger partial charge is 0.744 e. The van der Waals surface area contributed by atoms with E-state index in [4.69, 9.17) is 4.74 Å². The lowest BCUT2D eigenvalue weighted by Crippen LogP contribution is -2.32. The van der Waals surface area contributed by atoms with Gasteiger partial charge in [-0.15, -0.1) is 0 Å². The number of hydrogen-bond acceptors (Lipinski definition) is 14. The minimum atomic E-state index is -5.36. The van der Waals surface area contributed by atoms with Crippen molar-refractivity contribution >= 4 is 95.2 Å². The van der Waals surface area contributed by atoms with Gasteiger partial charge in [-0.05, 0) is 117 Å². The van der Waals surface area contributed by atoms with Crippen molar-refractivity contribution in [1.29, 1.82) is 0 Å². The summed E-state index contributed by atoms with van der Waals surface area (Å²) in [5.41, 5.74) is 0.559. The van der Waals surface area contributed by atoms with Gasteiger partial charge in [0.15, 0.2) is 5.71 Å². The van der Waals surface area contributed by atoms with E-state index in [0.717, 1.165) is 12.1 Å². The maximum absolute atomic E-state index is 12.6. The van der Waals surface area contributed by atoms with Gasteiger partial charge >= 0.3 is 5.97 Å². The molecular formula is C45H52N2O18S5. The molecule has 0 aromatic heterocycles. The van der Waals surface area contributed by atoms with Gasteiger partial charge in [-0.25, -0.2) is 8.42 Å². The summed E-state index contributed by atoms with van der Waals surface area (Å²) < 4.78 is 185. The number of rotatable bonds is 21. The normalized spacial score (nSPS) is 19.7. The van der Waals surface area contributed by atoms with Crippen molar-refractivity contribution in [3.63, 3.8) is 0 Å². The fourth-order valence-corrected chi connectivity index (χ4v) is 13.0. The van der Waals surface area contributed by atoms with E-state index < -0.39 is 92.7 Å². The van der Waals surface area contributed by atoms with Crippen LogP contribution in [-0.2, 0) is 71.0 Å². The van der Waals surface area contributed by atoms with Crippen LogP contribution in [0.25, 0.3) is 21.5 Å². The Morgan fingerprint density at radius 3 is 1.87 bits per heavy atom. The second-order valence-corrected chi connectivity index (χ2v) is 24.6. The van der Waals surface area contributed by atoms with Crippen molar-refractivity contribution in [2.75, 3.05) is 37.5 Å². The fraction of sp³-hybridized carbons (Fsp3) is 0.378. The first kappa shape index (κ1) is 54.4. The van der Waals surface area contributed by atoms with Gasteiger partial charge < -0.3 is 19.3 Å². The highest BCUT2D eigenvalue weighted by molar-refractivity contribution is 7.87. The smallest absolute Gasteiger partial charge is 0.303 e. The number of unbranched alkanes of at least 4 members (excludes halogenated alkanes) is 2. The second-order valence-electron chi connectivity index (χ2n) is 17.4. The van der Waals surface area contributed by atoms with E-state index in [1.165, 1.54) is 25.3 Å². The molecule has 0 saturated heterocycles. The molecule has 2 unspecified atom stereocenters. The van der Waals surface area contributed by atoms with Crippen LogP contribution in [0.4, 0.5) is 11.4 Å². The van der Waals surface area contributed by atoms with Crippen LogP contribution in [0.3, 0.4) is 0 Å². The topological polar surface area (TPSA) is 327 Å². The molecule has 25 heteroatoms. The number of carbonyl (C=O) groups is 1. The molecule has 20 nitrogen and oxygen atoms in total. The zero-order valence-corrected chi connectivity index (χ0v) is 42.3. The van der Waals surface area contributed by atoms with Gasteiger partial charge in [0.1, 0.15) is 21.6 Å². The van der Waals surface area contributed by atoms with Crippen molar-refractivity contribution in [3.05, 3.63) is 95.7 Å². The first-order valence-electron chi connectivity index (χ1n) is 21.6. The molecule has 2 aliphatic rings. The number of ether oxygens (including phenoxy) is 1. The molecule has 0 spiro atoms. The van der Waals surface area contributed by atoms with Gasteiger partial charge in [-0.3, -0.25) is 23.0 Å². The van der Waals surface area contributed by atoms with Crippen LogP contribution in [0.1, 0.15) is 76.8 Å². The Bertz CT molecular complexity index is 3510. The zero-order chi connectivity index (χ0) is 52.0. The summed E-state index contributed by atoms with van der Waals surface area (Å²) in [4.78, 5) is 9.83. The van der Waals surface area contributed by atoms with Crippen LogP contribution in [0.5, 0.6) is 0 Å². The quantitative estimate of drug-likeness (QED) is 0.0271. The Kier molecular flexibility index (Phi) is 15.5. The monoisotopic (exact) mass is 1070 g/mol. The number of hydrogen-bond donors (Lipinski definition) is 5. The van der Waals surface area contributed by atoms with Crippen LogP contribution < -0.4 is 4.90 Å². The number of aliphatic carboxylic acids is 1. The van der Waals surface area contributed by atoms with E-state index in [1.807, 2.05) is 23.3 Å². The van der Waals surface area contributed by atoms with Crippen LogP contribution in [0, 0.1) is 0 Å². The van der Waals surface area contributed by atoms with Crippen LogP contribution >= 0.6 is 0 Å². The standard InChI is InChI=1S/C45H52N2O18S5/c1-5-46-35-18-16-31-33(25-29(67(53,54)55)27-37(31)69(59,60)61)42(35)45(3,21-23-65-4)39(46)13-8-6-9-14-40-44(2,20-12-24-66(50,51)52)43-34-26-30(68(56,57)58)28-38(70(62,63)64)32(34)17-19-36(43)47(40)22-11-7-10-15-41(48)49/h6,8-9,13-14,16-19,25-28H,5,7,10-12,15,20-24H2,1-4H3,(H5-,48,49,50,51,52,53,54,55,56,57,58,59,60,61,62,63,64). The summed E-state index contributed by atoms with van der Waals surface area (Å²) in [6.45, 7) is 6.16. The van der Waals surface area contributed by atoms with Crippen molar-refractivity contribution in [2.24, 2.45) is 0 Å². The Labute approximate surface area is 406 Å². The molecule has 6 rings (SSSR count). The Hall–Kier alpha value is -4.93. The van der Waals surface area contributed by atoms with E-state index >= 15 is 0 Å². The number of benzene rings is 4. The summed E-state index contributed by atoms with van der Waals surface area (Å²) in [7, 11) is -23.5. The Balaban J connectivity index is 1.54. The van der Waals surface area contributed by atoms with Gasteiger partial charge in [0.2, 0.25) is 5.69 Å². The number of allylic oxidation sites excluding steroid dienone is 6. The third kappa shape index (κ3) is 11.1. The highest BCUT2D eigenvalue weighted by atomic mass is 32.2. The van der Waals surface area contributed by atoms with E-state index in [2.05, 4.69) is 0 Å². The van der Waals surface area contributed by atoms with Gasteiger partial charge in [0.25, 0.3) is 40.5 Å². The molecule has 380 valence electrons. The van der Waals surface area contributed by atoms with Gasteiger partial charge in [-0.2, -0.15) is 38.2 Å². The van der Waals surface area contributed by atoms with Gasteiger partial charge in [0, 0.05) is 66.6 Å². The number of methoxy groups -OCH3 is 1. The third-order valence-electron chi connectivity index (χ3n) is 12.8. The summed E-state index contributed by atoms with van der Waals surface area (Å²) in [5, 5.41) is 9.16. The van der Waals surface area contributed by atoms with Crippen LogP contribution in [-0.4, -0.2) is 119 Å². The van der Waals surface area contributed by atoms with Crippen molar-refractivity contribution < 1.29 is 84.1 Å². The SMILES string of the molecule is CC[N+]1=C(/C=C/C=C/C=C2/N(CCCCCC(=O)O)c3ccc4c(S(=O)(=O)[O-])cc(S(=O)(=O)O)cc4c3C2(C)CCCS(=O)(=O)O)C(C)(CCOC)c2c1ccc1c(S(=O)(=O)O)cc(S(=O)(=O)O)cc21. The molecular weight excluding hydrogens is 1020 g/mol. The Morgan fingerprint density at radius 2 is 1.31 bits per heavy atom. The second kappa shape index (κ2) is 19.9. The molecule has 4 aromatic carbocycles. The summed E-state index contributed by atoms with van der Waals surface area (Å²) >= 11 is 0. The summed E-state index contributed by atoms with van der Waals surface area (Å²) in [5.74, 6) is -1.69. The lowest BCUT2D eigenvalue weighted by Gasteiger charge is -2.31. The van der Waals surface area contributed by atoms with Crippen molar-refractivity contribution in [2.45, 2.75) is 96.1 Å². The molecule has 2 heterocycles. The van der Waals surface area contributed by atoms with E-state index in [0.29, 0.717) is 66.3 Å². The molecule has 0 bridgehead atoms. The number of nitrogens with zero attached hydrogens (tertiary/aromatic N) is 2. The zero-order valence-electron chi connectivity index (χ0n) is 38.3. The molecule has 0 fully saturated rings. The molecule has 4 aromatic rings. The maximum Gasteiger partial charge on any atom is 0.303 e. The van der Waals surface area contributed by atoms with E-state index in [-0.39, 0.29) is 65.9 Å². The first-order valence-corrected chi connectivity index (χ1v) is 29.0. The average molecular weight is 1070 g/mol. The molecule has 2 aliphatic heterocycles. The van der Waals surface area contributed by atoms with Crippen LogP contribution in [0.15, 0.2) is 104 Å². The summed E-state index contributed by atoms with van der Waals surface area (Å²) in [6.07, 6.45) is 9.60. The summed E-state index contributed by atoms with van der Waals surface area (Å²) in [6, 6.07) is 9.33. The van der Waals surface area contributed by atoms with E-state index in [1.54, 1.807) is 43.4 Å². The predicted molar refractivity (Wildman–Crippen MR) is 257 cm³/mol. The molecule has 0 radical (unpaired) electrons. The highest BCUT2D eigenvalue weighted by Gasteiger charge is 2.49. The highest BCUT2D eigenvalue weighted by Crippen LogP contribution is 2.54. The lowest BCUT2D eigenvalue weighted by atomic mass is 9.75. The number of carboxylic acid groups (broad SMARTS) is 1. The van der Waals surface area contributed by atoms with Crippen LogP contribution in [0.2, 0.25) is 0 Å². The number of anilines is 1. The number of carboxylic acids is 1. The predicted octanol–water partition coefficient (Wildman–Crippen LogP) is 6.14. The molecule has 70 heavy (non-hydrogen) atoms. The molecule has 2 atom stereocenters. The van der Waals surface area contributed by atoms with Crippen molar-refractivity contribution in [1.82, 2.24) is 0 Å². The number of fused-ring (bicyclic) bond motifs is 6. The molecule has 0 saturated carbocycles. The fourth-order valence-electron chi connectivity index (χ4n) is 9.80. The van der Waals surface area contributed by atoms with Crippen molar-refractivity contribution in [3.8, 4) is 0 Å². The first-order chi connectivity index (χ1) is 32.4. The molecule has 5 N–H and O–H groups in total. The minimum Gasteiger partial charge on any atom is -0.744 e. The maximum atomic E-state index is 12.6. The third-order valence-corrected chi connectivity index (χ3v) is 17.1. The minimum absolute atomic E-state index is 0.00148. The Morgan fingerprint density at radius 1 is 0.714 bits per heavy atom. The lowest BCUT2D eigenvalue weighted by molar-refractivity contribution is -0.433.